The van der Waals surface area contributed by atoms with E-state index in [1.54, 1.807) is 0 Å². The number of piperidine rings is 1. The Hall–Kier alpha value is -1.75. The lowest BCUT2D eigenvalue weighted by Crippen LogP contribution is -2.47. The van der Waals surface area contributed by atoms with Crippen molar-refractivity contribution < 1.29 is 4.79 Å². The third-order valence-corrected chi connectivity index (χ3v) is 7.61. The minimum atomic E-state index is 0.0822. The van der Waals surface area contributed by atoms with Gasteiger partial charge in [0.2, 0.25) is 5.91 Å². The molecule has 2 heterocycles. The average Bonchev–Trinajstić information content (AvgIpc) is 2.83. The number of piperazine rings is 1. The van der Waals surface area contributed by atoms with Gasteiger partial charge in [0.15, 0.2) is 0 Å². The van der Waals surface area contributed by atoms with Crippen molar-refractivity contribution in [2.45, 2.75) is 53.4 Å². The van der Waals surface area contributed by atoms with Gasteiger partial charge in [0, 0.05) is 50.7 Å². The highest BCUT2D eigenvalue weighted by Gasteiger charge is 2.26. The number of benzene rings is 2. The number of amides is 1. The van der Waals surface area contributed by atoms with E-state index in [0.29, 0.717) is 12.3 Å². The van der Waals surface area contributed by atoms with Crippen LogP contribution in [0.15, 0.2) is 48.5 Å². The molecule has 0 unspecified atom stereocenters. The van der Waals surface area contributed by atoms with Crippen LogP contribution in [-0.4, -0.2) is 61.5 Å². The Labute approximate surface area is 228 Å². The molecule has 1 amide bonds. The summed E-state index contributed by atoms with van der Waals surface area (Å²) < 4.78 is 0. The minimum absolute atomic E-state index is 0.0822. The van der Waals surface area contributed by atoms with Crippen LogP contribution in [0.3, 0.4) is 0 Å². The highest BCUT2D eigenvalue weighted by Crippen LogP contribution is 2.28. The summed E-state index contributed by atoms with van der Waals surface area (Å²) in [6, 6.07) is 15.8. The molecule has 36 heavy (non-hydrogen) atoms. The minimum Gasteiger partial charge on any atom is -0.368 e. The molecular weight excluding hydrogens is 489 g/mol. The summed E-state index contributed by atoms with van der Waals surface area (Å²) in [4.78, 5) is 19.5. The maximum absolute atomic E-state index is 12.4. The molecule has 0 aromatic heterocycles. The van der Waals surface area contributed by atoms with Gasteiger partial charge in [0.05, 0.1) is 10.7 Å². The largest absolute Gasteiger partial charge is 0.368 e. The Bertz CT molecular complexity index is 944. The van der Waals surface area contributed by atoms with Gasteiger partial charge in [-0.1, -0.05) is 68.2 Å². The molecule has 0 N–H and O–H groups in total. The van der Waals surface area contributed by atoms with Crippen molar-refractivity contribution >= 4 is 34.8 Å². The topological polar surface area (TPSA) is 26.8 Å². The van der Waals surface area contributed by atoms with Gasteiger partial charge in [-0.25, -0.2) is 0 Å². The van der Waals surface area contributed by atoms with Crippen LogP contribution in [0, 0.1) is 18.3 Å². The van der Waals surface area contributed by atoms with Gasteiger partial charge < -0.3 is 9.80 Å². The zero-order valence-electron chi connectivity index (χ0n) is 22.5. The number of carbonyl (C=O) groups excluding carboxylic acids is 1. The third kappa shape index (κ3) is 9.61. The molecule has 0 spiro atoms. The fraction of sp³-hybridized carbons (Fsp3) is 0.567. The van der Waals surface area contributed by atoms with Crippen LogP contribution in [0.2, 0.25) is 10.0 Å². The quantitative estimate of drug-likeness (QED) is 0.408. The summed E-state index contributed by atoms with van der Waals surface area (Å²) >= 11 is 12.0. The molecule has 0 bridgehead atoms. The normalized spacial score (nSPS) is 17.5. The molecular formula is C30H43Cl2N3O. The van der Waals surface area contributed by atoms with Crippen LogP contribution in [-0.2, 0) is 4.79 Å². The zero-order valence-corrected chi connectivity index (χ0v) is 24.0. The van der Waals surface area contributed by atoms with Gasteiger partial charge in [-0.3, -0.25) is 9.69 Å². The van der Waals surface area contributed by atoms with E-state index in [2.05, 4.69) is 60.6 Å². The first-order valence-corrected chi connectivity index (χ1v) is 14.1. The Balaban J connectivity index is 0.000000444. The lowest BCUT2D eigenvalue weighted by molar-refractivity contribution is -0.134. The molecule has 4 nitrogen and oxygen atoms in total. The lowest BCUT2D eigenvalue weighted by Gasteiger charge is -2.38. The van der Waals surface area contributed by atoms with E-state index in [9.17, 15) is 4.79 Å². The highest BCUT2D eigenvalue weighted by molar-refractivity contribution is 6.33. The number of hydrogen-bond acceptors (Lipinski definition) is 3. The van der Waals surface area contributed by atoms with Crippen molar-refractivity contribution in [3.05, 3.63) is 64.1 Å². The maximum Gasteiger partial charge on any atom is 0.223 e. The van der Waals surface area contributed by atoms with Crippen LogP contribution in [0.1, 0.15) is 52.0 Å². The number of rotatable bonds is 5. The second kappa shape index (κ2) is 13.7. The first-order valence-electron chi connectivity index (χ1n) is 13.3. The van der Waals surface area contributed by atoms with Crippen LogP contribution < -0.4 is 4.90 Å². The number of likely N-dealkylation sites (tertiary alicyclic amines) is 1. The number of nitrogens with zero attached hydrogens (tertiary/aromatic N) is 3. The molecule has 0 radical (unpaired) electrons. The van der Waals surface area contributed by atoms with Crippen molar-refractivity contribution in [3.63, 3.8) is 0 Å². The number of halogens is 2. The van der Waals surface area contributed by atoms with Crippen molar-refractivity contribution in [2.24, 2.45) is 11.3 Å². The molecule has 2 fully saturated rings. The lowest BCUT2D eigenvalue weighted by atomic mass is 9.89. The van der Waals surface area contributed by atoms with Crippen LogP contribution >= 0.6 is 23.2 Å². The van der Waals surface area contributed by atoms with E-state index in [-0.39, 0.29) is 5.41 Å². The second-order valence-electron chi connectivity index (χ2n) is 11.4. The van der Waals surface area contributed by atoms with Gasteiger partial charge in [0.1, 0.15) is 0 Å². The van der Waals surface area contributed by atoms with Crippen molar-refractivity contribution in [2.75, 3.05) is 50.7 Å². The molecule has 0 atom stereocenters. The van der Waals surface area contributed by atoms with Gasteiger partial charge in [-0.05, 0) is 73.9 Å². The van der Waals surface area contributed by atoms with Crippen molar-refractivity contribution in [1.82, 2.24) is 9.80 Å². The molecule has 0 saturated carbocycles. The van der Waals surface area contributed by atoms with Crippen LogP contribution in [0.4, 0.5) is 5.69 Å². The first kappa shape index (κ1) is 28.8. The molecule has 2 saturated heterocycles. The highest BCUT2D eigenvalue weighted by atomic mass is 35.5. The molecule has 198 valence electrons. The predicted molar refractivity (Wildman–Crippen MR) is 154 cm³/mol. The number of hydrogen-bond donors (Lipinski definition) is 0. The van der Waals surface area contributed by atoms with Crippen molar-refractivity contribution in [1.29, 1.82) is 0 Å². The maximum atomic E-state index is 12.4. The number of anilines is 1. The monoisotopic (exact) mass is 531 g/mol. The molecule has 2 aliphatic heterocycles. The van der Waals surface area contributed by atoms with Gasteiger partial charge in [0.25, 0.3) is 0 Å². The Morgan fingerprint density at radius 2 is 1.56 bits per heavy atom. The van der Waals surface area contributed by atoms with E-state index in [0.717, 1.165) is 68.1 Å². The number of carbonyl (C=O) groups is 1. The van der Waals surface area contributed by atoms with E-state index < -0.39 is 0 Å². The van der Waals surface area contributed by atoms with Gasteiger partial charge >= 0.3 is 0 Å². The SMILES string of the molecule is Cc1ccc(N2CCN(CCC3CCN(C(=O)CC(C)(C)C)CC3)CC2)c(Cl)c1.Clc1ccccc1. The van der Waals surface area contributed by atoms with Crippen LogP contribution in [0.25, 0.3) is 0 Å². The Morgan fingerprint density at radius 3 is 2.08 bits per heavy atom. The zero-order chi connectivity index (χ0) is 26.1. The Kier molecular flexibility index (Phi) is 11.0. The second-order valence-corrected chi connectivity index (χ2v) is 12.3. The average molecular weight is 533 g/mol. The fourth-order valence-electron chi connectivity index (χ4n) is 4.90. The van der Waals surface area contributed by atoms with E-state index in [1.165, 1.54) is 24.2 Å². The molecule has 6 heteroatoms. The predicted octanol–water partition coefficient (Wildman–Crippen LogP) is 7.18. The Morgan fingerprint density at radius 1 is 0.917 bits per heavy atom. The molecule has 2 aliphatic rings. The van der Waals surface area contributed by atoms with E-state index >= 15 is 0 Å². The summed E-state index contributed by atoms with van der Waals surface area (Å²) in [6.45, 7) is 15.9. The summed E-state index contributed by atoms with van der Waals surface area (Å²) in [5, 5.41) is 1.66. The molecule has 2 aromatic rings. The van der Waals surface area contributed by atoms with E-state index in [4.69, 9.17) is 23.2 Å². The third-order valence-electron chi connectivity index (χ3n) is 7.05. The molecule has 2 aromatic carbocycles. The van der Waals surface area contributed by atoms with Crippen LogP contribution in [0.5, 0.6) is 0 Å². The smallest absolute Gasteiger partial charge is 0.223 e. The summed E-state index contributed by atoms with van der Waals surface area (Å²) in [5.41, 5.74) is 2.46. The fourth-order valence-corrected chi connectivity index (χ4v) is 5.40. The summed E-state index contributed by atoms with van der Waals surface area (Å²) in [7, 11) is 0. The van der Waals surface area contributed by atoms with Crippen molar-refractivity contribution in [3.8, 4) is 0 Å². The first-order chi connectivity index (χ1) is 17.1. The molecule has 0 aliphatic carbocycles. The summed E-state index contributed by atoms with van der Waals surface area (Å²) in [5.74, 6) is 1.10. The number of aryl methyl sites for hydroxylation is 1. The van der Waals surface area contributed by atoms with Gasteiger partial charge in [-0.2, -0.15) is 0 Å². The summed E-state index contributed by atoms with van der Waals surface area (Å²) in [6.07, 6.45) is 4.24. The van der Waals surface area contributed by atoms with Gasteiger partial charge in [-0.15, -0.1) is 0 Å². The van der Waals surface area contributed by atoms with E-state index in [1.807, 2.05) is 30.3 Å². The standard InChI is InChI=1S/C24H38ClN3O.C6H5Cl/c1-19-5-6-22(21(25)17-19)27-15-13-26(14-16-27)10-7-20-8-11-28(12-9-20)23(29)18-24(2,3)4;7-6-4-2-1-3-5-6/h5-6,17,20H,7-16,18H2,1-4H3;1-5H. The molecule has 4 rings (SSSR count).